The number of aliphatic hydroxyl groups is 1. The Balaban J connectivity index is 0.00000385. The van der Waals surface area contributed by atoms with Gasteiger partial charge in [-0.3, -0.25) is 19.7 Å². The maximum atomic E-state index is 12.9. The molecule has 1 aliphatic rings. The van der Waals surface area contributed by atoms with Gasteiger partial charge in [-0.25, -0.2) is 8.42 Å². The molecule has 0 unspecified atom stereocenters. The number of sulfonamides is 1. The molecular weight excluding hydrogens is 474 g/mol. The van der Waals surface area contributed by atoms with Crippen LogP contribution in [0.3, 0.4) is 0 Å². The highest BCUT2D eigenvalue weighted by Crippen LogP contribution is 2.24. The summed E-state index contributed by atoms with van der Waals surface area (Å²) in [7, 11) is -3.50. The molecule has 0 saturated carbocycles. The monoisotopic (exact) mass is 497 g/mol. The molecular formula is C20H24ClN5O6S. The number of aliphatic hydroxyl groups excluding tert-OH is 1. The molecule has 0 radical (unpaired) electrons. The normalized spacial score (nSPS) is 17.0. The fourth-order valence-electron chi connectivity index (χ4n) is 3.13. The number of benzene rings is 2. The van der Waals surface area contributed by atoms with Crippen molar-refractivity contribution < 1.29 is 27.9 Å². The minimum atomic E-state index is -3.50. The fraction of sp³-hybridized carbons (Fsp3) is 0.250. The van der Waals surface area contributed by atoms with Crippen molar-refractivity contribution in [1.82, 2.24) is 0 Å². The Morgan fingerprint density at radius 1 is 1.24 bits per heavy atom. The topological polar surface area (TPSA) is 175 Å². The number of halogens is 1. The maximum Gasteiger partial charge on any atom is 0.259 e. The van der Waals surface area contributed by atoms with Crippen molar-refractivity contribution in [3.8, 4) is 0 Å². The van der Waals surface area contributed by atoms with Crippen LogP contribution in [-0.2, 0) is 24.3 Å². The van der Waals surface area contributed by atoms with E-state index in [0.29, 0.717) is 16.9 Å². The van der Waals surface area contributed by atoms with E-state index in [-0.39, 0.29) is 37.1 Å². The van der Waals surface area contributed by atoms with Crippen molar-refractivity contribution >= 4 is 57.1 Å². The van der Waals surface area contributed by atoms with Crippen LogP contribution in [0.25, 0.3) is 0 Å². The molecule has 33 heavy (non-hydrogen) atoms. The summed E-state index contributed by atoms with van der Waals surface area (Å²) in [5.74, 6) is -1.60. The van der Waals surface area contributed by atoms with Crippen LogP contribution >= 0.6 is 12.4 Å². The Morgan fingerprint density at radius 2 is 1.91 bits per heavy atom. The summed E-state index contributed by atoms with van der Waals surface area (Å²) in [5.41, 5.74) is 6.87. The van der Waals surface area contributed by atoms with Gasteiger partial charge in [0.25, 0.3) is 11.8 Å². The highest BCUT2D eigenvalue weighted by molar-refractivity contribution is 7.92. The second-order valence-corrected chi connectivity index (χ2v) is 8.88. The van der Waals surface area contributed by atoms with Gasteiger partial charge in [0, 0.05) is 23.5 Å². The van der Waals surface area contributed by atoms with Crippen molar-refractivity contribution in [3.05, 3.63) is 54.1 Å². The molecule has 1 aliphatic heterocycles. The average Bonchev–Trinajstić information content (AvgIpc) is 2.72. The van der Waals surface area contributed by atoms with E-state index < -0.39 is 34.0 Å². The van der Waals surface area contributed by atoms with Crippen LogP contribution in [0.4, 0.5) is 17.1 Å². The number of nitrogens with one attached hydrogen (secondary N) is 3. The minimum Gasteiger partial charge on any atom is -0.384 e. The molecule has 11 nitrogen and oxygen atoms in total. The Kier molecular flexibility index (Phi) is 8.39. The molecule has 2 aromatic carbocycles. The van der Waals surface area contributed by atoms with Gasteiger partial charge in [0.15, 0.2) is 12.2 Å². The molecule has 1 fully saturated rings. The SMILES string of the molecule is CS(=O)(=O)Nc1cccc(N2CCO[C@H]([C@@H](O)C(=O)Nc3ccc(C(=N)N)cc3)C2=O)c1.Cl. The van der Waals surface area contributed by atoms with Gasteiger partial charge in [-0.2, -0.15) is 0 Å². The molecule has 1 saturated heterocycles. The number of carbonyl (C=O) groups excluding carboxylic acids is 2. The fourth-order valence-corrected chi connectivity index (χ4v) is 3.68. The Hall–Kier alpha value is -3.19. The van der Waals surface area contributed by atoms with Crippen LogP contribution in [-0.4, -0.2) is 62.8 Å². The molecule has 6 N–H and O–H groups in total. The summed E-state index contributed by atoms with van der Waals surface area (Å²) < 4.78 is 30.6. The molecule has 2 amide bonds. The zero-order valence-corrected chi connectivity index (χ0v) is 19.2. The molecule has 0 aromatic heterocycles. The number of anilines is 3. The number of amides is 2. The zero-order chi connectivity index (χ0) is 23.5. The number of nitrogens with two attached hydrogens (primary N) is 1. The number of hydrogen-bond donors (Lipinski definition) is 5. The predicted molar refractivity (Wildman–Crippen MR) is 126 cm³/mol. The van der Waals surface area contributed by atoms with E-state index in [4.69, 9.17) is 15.9 Å². The van der Waals surface area contributed by atoms with Gasteiger partial charge < -0.3 is 25.8 Å². The van der Waals surface area contributed by atoms with Gasteiger partial charge in [-0.15, -0.1) is 12.4 Å². The summed E-state index contributed by atoms with van der Waals surface area (Å²) in [5, 5.41) is 20.3. The summed E-state index contributed by atoms with van der Waals surface area (Å²) in [6.07, 6.45) is -2.21. The lowest BCUT2D eigenvalue weighted by Crippen LogP contribution is -2.55. The maximum absolute atomic E-state index is 12.9. The number of rotatable bonds is 7. The lowest BCUT2D eigenvalue weighted by atomic mass is 10.1. The van der Waals surface area contributed by atoms with Crippen molar-refractivity contribution in [2.45, 2.75) is 12.2 Å². The number of nitrogen functional groups attached to an aromatic ring is 1. The standard InChI is InChI=1S/C20H23N5O6S.ClH/c1-32(29,30)24-14-3-2-4-15(11-14)25-9-10-31-17(20(25)28)16(26)19(27)23-13-7-5-12(6-8-13)18(21)22;/h2-8,11,16-17,24,26H,9-10H2,1H3,(H3,21,22)(H,23,27);1H/t16-,17-;/m1./s1. The Bertz CT molecular complexity index is 1140. The number of amidine groups is 1. The van der Waals surface area contributed by atoms with E-state index in [1.807, 2.05) is 0 Å². The molecule has 2 atom stereocenters. The van der Waals surface area contributed by atoms with Gasteiger partial charge in [0.05, 0.1) is 18.6 Å². The van der Waals surface area contributed by atoms with Crippen molar-refractivity contribution in [2.75, 3.05) is 34.3 Å². The highest BCUT2D eigenvalue weighted by Gasteiger charge is 2.39. The Morgan fingerprint density at radius 3 is 2.52 bits per heavy atom. The molecule has 1 heterocycles. The van der Waals surface area contributed by atoms with E-state index in [1.54, 1.807) is 12.1 Å². The molecule has 3 rings (SSSR count). The van der Waals surface area contributed by atoms with Gasteiger partial charge in [0.1, 0.15) is 5.84 Å². The second-order valence-electron chi connectivity index (χ2n) is 7.13. The summed E-state index contributed by atoms with van der Waals surface area (Å²) in [6, 6.07) is 12.3. The molecule has 0 bridgehead atoms. The first-order valence-electron chi connectivity index (χ1n) is 9.49. The zero-order valence-electron chi connectivity index (χ0n) is 17.5. The van der Waals surface area contributed by atoms with E-state index in [2.05, 4.69) is 10.0 Å². The smallest absolute Gasteiger partial charge is 0.259 e. The van der Waals surface area contributed by atoms with Crippen LogP contribution < -0.4 is 20.7 Å². The molecule has 2 aromatic rings. The molecule has 0 aliphatic carbocycles. The van der Waals surface area contributed by atoms with Gasteiger partial charge in [-0.05, 0) is 42.5 Å². The van der Waals surface area contributed by atoms with Crippen LogP contribution in [0.5, 0.6) is 0 Å². The number of ether oxygens (including phenoxy) is 1. The highest BCUT2D eigenvalue weighted by atomic mass is 35.5. The van der Waals surface area contributed by atoms with E-state index in [9.17, 15) is 23.1 Å². The number of morpholine rings is 1. The van der Waals surface area contributed by atoms with Crippen LogP contribution in [0.15, 0.2) is 48.5 Å². The third-order valence-electron chi connectivity index (χ3n) is 4.60. The van der Waals surface area contributed by atoms with Crippen LogP contribution in [0.2, 0.25) is 0 Å². The van der Waals surface area contributed by atoms with Crippen LogP contribution in [0.1, 0.15) is 5.56 Å². The molecule has 13 heteroatoms. The molecule has 178 valence electrons. The van der Waals surface area contributed by atoms with Crippen molar-refractivity contribution in [1.29, 1.82) is 5.41 Å². The largest absolute Gasteiger partial charge is 0.384 e. The Labute approximate surface area is 196 Å². The van der Waals surface area contributed by atoms with Gasteiger partial charge in [-0.1, -0.05) is 6.07 Å². The van der Waals surface area contributed by atoms with E-state index in [0.717, 1.165) is 6.26 Å². The summed E-state index contributed by atoms with van der Waals surface area (Å²) in [4.78, 5) is 26.7. The minimum absolute atomic E-state index is 0. The summed E-state index contributed by atoms with van der Waals surface area (Å²) in [6.45, 7) is 0.232. The third kappa shape index (κ3) is 6.65. The third-order valence-corrected chi connectivity index (χ3v) is 5.21. The number of hydrogen-bond acceptors (Lipinski definition) is 7. The van der Waals surface area contributed by atoms with Gasteiger partial charge >= 0.3 is 0 Å². The predicted octanol–water partition coefficient (Wildman–Crippen LogP) is 0.495. The lowest BCUT2D eigenvalue weighted by molar-refractivity contribution is -0.150. The van der Waals surface area contributed by atoms with Gasteiger partial charge in [0.2, 0.25) is 10.0 Å². The lowest BCUT2D eigenvalue weighted by Gasteiger charge is -2.34. The average molecular weight is 498 g/mol. The first kappa shape index (κ1) is 26.1. The summed E-state index contributed by atoms with van der Waals surface area (Å²) >= 11 is 0. The molecule has 0 spiro atoms. The van der Waals surface area contributed by atoms with E-state index in [1.165, 1.54) is 41.3 Å². The first-order chi connectivity index (χ1) is 15.0. The number of nitrogens with zero attached hydrogens (tertiary/aromatic N) is 1. The van der Waals surface area contributed by atoms with Crippen molar-refractivity contribution in [2.24, 2.45) is 5.73 Å². The number of carbonyl (C=O) groups is 2. The second kappa shape index (κ2) is 10.6. The first-order valence-corrected chi connectivity index (χ1v) is 11.4. The van der Waals surface area contributed by atoms with Crippen molar-refractivity contribution in [3.63, 3.8) is 0 Å². The van der Waals surface area contributed by atoms with Crippen LogP contribution in [0, 0.1) is 5.41 Å². The van der Waals surface area contributed by atoms with E-state index >= 15 is 0 Å². The quantitative estimate of drug-likeness (QED) is 0.273.